The number of likely N-dealkylation sites (tertiary alicyclic amines) is 1. The molecule has 0 N–H and O–H groups in total. The summed E-state index contributed by atoms with van der Waals surface area (Å²) in [6.07, 6.45) is 2.52. The Morgan fingerprint density at radius 2 is 1.71 bits per heavy atom. The van der Waals surface area contributed by atoms with E-state index in [1.54, 1.807) is 25.3 Å². The van der Waals surface area contributed by atoms with Gasteiger partial charge in [-0.3, -0.25) is 9.59 Å². The predicted octanol–water partition coefficient (Wildman–Crippen LogP) is 5.06. The van der Waals surface area contributed by atoms with E-state index in [1.165, 1.54) is 0 Å². The van der Waals surface area contributed by atoms with Crippen molar-refractivity contribution in [3.8, 4) is 5.75 Å². The lowest BCUT2D eigenvalue weighted by Gasteiger charge is -2.31. The van der Waals surface area contributed by atoms with Gasteiger partial charge in [-0.05, 0) is 55.2 Å². The van der Waals surface area contributed by atoms with E-state index >= 15 is 0 Å². The fraction of sp³-hybridized carbons (Fsp3) is 0.364. The molecule has 0 spiro atoms. The zero-order valence-electron chi connectivity index (χ0n) is 15.8. The largest absolute Gasteiger partial charge is 0.497 e. The van der Waals surface area contributed by atoms with Gasteiger partial charge in [-0.15, -0.1) is 0 Å². The molecule has 2 aromatic rings. The fourth-order valence-corrected chi connectivity index (χ4v) is 3.78. The van der Waals surface area contributed by atoms with Gasteiger partial charge in [0, 0.05) is 31.0 Å². The van der Waals surface area contributed by atoms with Gasteiger partial charge in [0.25, 0.3) is 0 Å². The molecule has 1 saturated heterocycles. The molecule has 1 aliphatic heterocycles. The number of methoxy groups -OCH3 is 1. The van der Waals surface area contributed by atoms with Crippen LogP contribution in [0.5, 0.6) is 5.75 Å². The highest BCUT2D eigenvalue weighted by Crippen LogP contribution is 2.27. The van der Waals surface area contributed by atoms with Crippen molar-refractivity contribution >= 4 is 34.9 Å². The molecule has 1 aliphatic rings. The molecule has 3 rings (SSSR count). The summed E-state index contributed by atoms with van der Waals surface area (Å²) in [5.74, 6) is 0.937. The first-order chi connectivity index (χ1) is 13.5. The molecule has 1 heterocycles. The van der Waals surface area contributed by atoms with E-state index in [1.807, 2.05) is 29.2 Å². The van der Waals surface area contributed by atoms with Gasteiger partial charge >= 0.3 is 0 Å². The third-order valence-electron chi connectivity index (χ3n) is 5.21. The van der Waals surface area contributed by atoms with Crippen molar-refractivity contribution in [1.29, 1.82) is 0 Å². The van der Waals surface area contributed by atoms with E-state index in [0.717, 1.165) is 11.3 Å². The van der Waals surface area contributed by atoms with E-state index < -0.39 is 0 Å². The number of halogens is 2. The first kappa shape index (κ1) is 20.7. The van der Waals surface area contributed by atoms with Crippen molar-refractivity contribution in [3.63, 3.8) is 0 Å². The summed E-state index contributed by atoms with van der Waals surface area (Å²) in [4.78, 5) is 27.1. The molecule has 0 atom stereocenters. The van der Waals surface area contributed by atoms with E-state index in [2.05, 4.69) is 0 Å². The number of benzene rings is 2. The summed E-state index contributed by atoms with van der Waals surface area (Å²) in [6.45, 7) is 1.22. The monoisotopic (exact) mass is 419 g/mol. The van der Waals surface area contributed by atoms with Gasteiger partial charge in [-0.1, -0.05) is 35.3 Å². The Morgan fingerprint density at radius 3 is 2.32 bits per heavy atom. The summed E-state index contributed by atoms with van der Waals surface area (Å²) in [5.41, 5.74) is 1.69. The van der Waals surface area contributed by atoms with Gasteiger partial charge in [0.2, 0.25) is 5.91 Å². The fourth-order valence-electron chi connectivity index (χ4n) is 3.48. The Bertz CT molecular complexity index is 843. The van der Waals surface area contributed by atoms with Crippen LogP contribution in [0.4, 0.5) is 0 Å². The van der Waals surface area contributed by atoms with Crippen LogP contribution in [-0.4, -0.2) is 36.8 Å². The number of hydrogen-bond acceptors (Lipinski definition) is 3. The number of nitrogens with zero attached hydrogens (tertiary/aromatic N) is 1. The Hall–Kier alpha value is -2.04. The third kappa shape index (κ3) is 5.06. The van der Waals surface area contributed by atoms with Crippen LogP contribution in [0.1, 0.15) is 35.2 Å². The molecule has 148 valence electrons. The standard InChI is InChI=1S/C22H23Cl2NO3/c1-28-18-6-2-15(3-7-18)4-9-21(26)25-12-10-16(11-13-25)22(27)17-5-8-19(23)20(24)14-17/h2-3,5-8,14,16H,4,9-13H2,1H3. The molecule has 2 aromatic carbocycles. The maximum atomic E-state index is 12.7. The van der Waals surface area contributed by atoms with Crippen LogP contribution in [0.2, 0.25) is 10.0 Å². The highest BCUT2D eigenvalue weighted by atomic mass is 35.5. The number of ketones is 1. The molecule has 1 fully saturated rings. The number of carbonyl (C=O) groups excluding carboxylic acids is 2. The van der Waals surface area contributed by atoms with Gasteiger partial charge in [0.1, 0.15) is 5.75 Å². The van der Waals surface area contributed by atoms with Crippen LogP contribution in [0.25, 0.3) is 0 Å². The predicted molar refractivity (Wildman–Crippen MR) is 111 cm³/mol. The number of amides is 1. The average molecular weight is 420 g/mol. The quantitative estimate of drug-likeness (QED) is 0.614. The van der Waals surface area contributed by atoms with Gasteiger partial charge in [0.05, 0.1) is 17.2 Å². The lowest BCUT2D eigenvalue weighted by atomic mass is 9.88. The lowest BCUT2D eigenvalue weighted by Crippen LogP contribution is -2.40. The summed E-state index contributed by atoms with van der Waals surface area (Å²) >= 11 is 11.9. The van der Waals surface area contributed by atoms with Crippen LogP contribution < -0.4 is 4.74 Å². The highest BCUT2D eigenvalue weighted by Gasteiger charge is 2.28. The molecule has 0 bridgehead atoms. The number of ether oxygens (including phenoxy) is 1. The summed E-state index contributed by atoms with van der Waals surface area (Å²) in [7, 11) is 1.63. The average Bonchev–Trinajstić information content (AvgIpc) is 2.74. The molecule has 0 saturated carbocycles. The van der Waals surface area contributed by atoms with Gasteiger partial charge in [0.15, 0.2) is 5.78 Å². The molecule has 0 aromatic heterocycles. The second-order valence-corrected chi connectivity index (χ2v) is 7.81. The number of rotatable bonds is 6. The van der Waals surface area contributed by atoms with E-state index in [-0.39, 0.29) is 17.6 Å². The molecule has 6 heteroatoms. The second-order valence-electron chi connectivity index (χ2n) is 7.00. The molecule has 0 radical (unpaired) electrons. The third-order valence-corrected chi connectivity index (χ3v) is 5.95. The number of aryl methyl sites for hydroxylation is 1. The van der Waals surface area contributed by atoms with Crippen LogP contribution in [0.15, 0.2) is 42.5 Å². The Morgan fingerprint density at radius 1 is 1.04 bits per heavy atom. The van der Waals surface area contributed by atoms with E-state index in [0.29, 0.717) is 54.4 Å². The topological polar surface area (TPSA) is 46.6 Å². The van der Waals surface area contributed by atoms with Gasteiger partial charge in [-0.25, -0.2) is 0 Å². The zero-order valence-corrected chi connectivity index (χ0v) is 17.3. The van der Waals surface area contributed by atoms with Crippen molar-refractivity contribution in [2.24, 2.45) is 5.92 Å². The molecule has 0 unspecified atom stereocenters. The van der Waals surface area contributed by atoms with Crippen molar-refractivity contribution in [2.45, 2.75) is 25.7 Å². The van der Waals surface area contributed by atoms with Gasteiger partial charge < -0.3 is 9.64 Å². The minimum Gasteiger partial charge on any atom is -0.497 e. The van der Waals surface area contributed by atoms with Crippen LogP contribution in [-0.2, 0) is 11.2 Å². The lowest BCUT2D eigenvalue weighted by molar-refractivity contribution is -0.132. The van der Waals surface area contributed by atoms with Crippen LogP contribution >= 0.6 is 23.2 Å². The second kappa shape index (κ2) is 9.44. The smallest absolute Gasteiger partial charge is 0.222 e. The minimum atomic E-state index is -0.0807. The Kier molecular flexibility index (Phi) is 6.97. The van der Waals surface area contributed by atoms with E-state index in [4.69, 9.17) is 27.9 Å². The zero-order chi connectivity index (χ0) is 20.1. The summed E-state index contributed by atoms with van der Waals surface area (Å²) in [5, 5.41) is 0.828. The number of hydrogen-bond donors (Lipinski definition) is 0. The molecular weight excluding hydrogens is 397 g/mol. The van der Waals surface area contributed by atoms with Crippen LogP contribution in [0.3, 0.4) is 0 Å². The number of piperidine rings is 1. The highest BCUT2D eigenvalue weighted by molar-refractivity contribution is 6.42. The molecular formula is C22H23Cl2NO3. The van der Waals surface area contributed by atoms with E-state index in [9.17, 15) is 9.59 Å². The Balaban J connectivity index is 1.49. The summed E-state index contributed by atoms with van der Waals surface area (Å²) < 4.78 is 5.15. The normalized spacial score (nSPS) is 14.8. The number of Topliss-reactive ketones (excluding diaryl/α,β-unsaturated/α-hetero) is 1. The minimum absolute atomic E-state index is 0.0731. The molecule has 4 nitrogen and oxygen atoms in total. The summed E-state index contributed by atoms with van der Waals surface area (Å²) in [6, 6.07) is 12.7. The molecule has 1 amide bonds. The molecule has 28 heavy (non-hydrogen) atoms. The SMILES string of the molecule is COc1ccc(CCC(=O)N2CCC(C(=O)c3ccc(Cl)c(Cl)c3)CC2)cc1. The first-order valence-corrected chi connectivity index (χ1v) is 10.1. The van der Waals surface area contributed by atoms with Crippen molar-refractivity contribution in [2.75, 3.05) is 20.2 Å². The van der Waals surface area contributed by atoms with Crippen molar-refractivity contribution < 1.29 is 14.3 Å². The number of carbonyl (C=O) groups is 2. The van der Waals surface area contributed by atoms with Crippen LogP contribution in [0, 0.1) is 5.92 Å². The molecule has 0 aliphatic carbocycles. The first-order valence-electron chi connectivity index (χ1n) is 9.38. The maximum absolute atomic E-state index is 12.7. The van der Waals surface area contributed by atoms with Crippen molar-refractivity contribution in [3.05, 3.63) is 63.6 Å². The Labute approximate surface area is 175 Å². The van der Waals surface area contributed by atoms with Crippen molar-refractivity contribution in [1.82, 2.24) is 4.90 Å². The van der Waals surface area contributed by atoms with Gasteiger partial charge in [-0.2, -0.15) is 0 Å². The maximum Gasteiger partial charge on any atom is 0.222 e.